The average molecular weight is 493 g/mol. The van der Waals surface area contributed by atoms with Crippen LogP contribution >= 0.6 is 0 Å². The molecular formula is C23H26F3N5O4. The second-order valence-corrected chi connectivity index (χ2v) is 9.56. The highest BCUT2D eigenvalue weighted by Gasteiger charge is 2.56. The lowest BCUT2D eigenvalue weighted by atomic mass is 9.84. The molecule has 3 saturated heterocycles. The number of hydrogen-bond donors (Lipinski definition) is 2. The maximum Gasteiger partial charge on any atom is 0.490 e. The molecule has 1 aromatic rings. The highest BCUT2D eigenvalue weighted by Crippen LogP contribution is 2.48. The molecule has 9 nitrogen and oxygen atoms in total. The minimum atomic E-state index is -5.08. The van der Waals surface area contributed by atoms with Crippen molar-refractivity contribution < 1.29 is 32.7 Å². The molecule has 4 aliphatic rings. The van der Waals surface area contributed by atoms with Gasteiger partial charge in [0.15, 0.2) is 0 Å². The highest BCUT2D eigenvalue weighted by atomic mass is 19.4. The first-order valence-corrected chi connectivity index (χ1v) is 11.5. The van der Waals surface area contributed by atoms with Crippen LogP contribution in [0.4, 0.5) is 13.2 Å². The number of carbonyl (C=O) groups is 3. The molecule has 3 N–H and O–H groups in total. The van der Waals surface area contributed by atoms with Crippen LogP contribution in [0.2, 0.25) is 0 Å². The van der Waals surface area contributed by atoms with Crippen molar-refractivity contribution in [2.45, 2.75) is 74.9 Å². The third-order valence-electron chi connectivity index (χ3n) is 7.43. The van der Waals surface area contributed by atoms with Gasteiger partial charge in [0.1, 0.15) is 11.7 Å². The number of rotatable bonds is 3. The minimum absolute atomic E-state index is 0.0173. The zero-order chi connectivity index (χ0) is 25.5. The van der Waals surface area contributed by atoms with E-state index in [1.165, 1.54) is 0 Å². The number of hydrogen-bond acceptors (Lipinski definition) is 6. The molecule has 4 heterocycles. The smallest absolute Gasteiger partial charge is 0.475 e. The Hall–Kier alpha value is -3.20. The van der Waals surface area contributed by atoms with Gasteiger partial charge in [-0.15, -0.1) is 0 Å². The number of nitrogens with zero attached hydrogens (tertiary/aromatic N) is 4. The van der Waals surface area contributed by atoms with Gasteiger partial charge in [0.25, 0.3) is 5.91 Å². The first-order valence-electron chi connectivity index (χ1n) is 11.5. The van der Waals surface area contributed by atoms with Crippen LogP contribution < -0.4 is 5.73 Å². The first-order chi connectivity index (χ1) is 16.5. The number of nitriles is 1. The van der Waals surface area contributed by atoms with Gasteiger partial charge in [0.05, 0.1) is 12.1 Å². The third kappa shape index (κ3) is 4.96. The molecule has 6 atom stereocenters. The number of piperidine rings is 2. The van der Waals surface area contributed by atoms with Gasteiger partial charge in [0.2, 0.25) is 5.91 Å². The molecule has 2 bridgehead atoms. The van der Waals surface area contributed by atoms with Gasteiger partial charge in [-0.1, -0.05) is 6.07 Å². The molecule has 4 fully saturated rings. The summed E-state index contributed by atoms with van der Waals surface area (Å²) in [5, 5.41) is 16.5. The SMILES string of the molecule is N#C[C@@H]1C[C@@H]2C[C@@H]2N1C(=O)[C@@H](N)C1CC2CCC(C1)N2C(=O)c1ccccn1.O=C(O)C(F)(F)F. The molecule has 0 aromatic carbocycles. The van der Waals surface area contributed by atoms with Gasteiger partial charge in [0, 0.05) is 24.3 Å². The number of aromatic nitrogens is 1. The number of likely N-dealkylation sites (tertiary alicyclic amines) is 1. The lowest BCUT2D eigenvalue weighted by Crippen LogP contribution is -2.55. The fourth-order valence-electron chi connectivity index (χ4n) is 5.73. The molecule has 1 aliphatic carbocycles. The van der Waals surface area contributed by atoms with Crippen molar-refractivity contribution in [2.24, 2.45) is 17.6 Å². The summed E-state index contributed by atoms with van der Waals surface area (Å²) in [6.07, 6.45) is 1.78. The third-order valence-corrected chi connectivity index (χ3v) is 7.43. The van der Waals surface area contributed by atoms with E-state index in [1.54, 1.807) is 23.2 Å². The Morgan fingerprint density at radius 2 is 1.74 bits per heavy atom. The molecule has 188 valence electrons. The Morgan fingerprint density at radius 1 is 1.11 bits per heavy atom. The molecule has 1 aromatic heterocycles. The van der Waals surface area contributed by atoms with Crippen LogP contribution in [-0.4, -0.2) is 74.1 Å². The number of alkyl halides is 3. The van der Waals surface area contributed by atoms with Crippen molar-refractivity contribution in [3.63, 3.8) is 0 Å². The first kappa shape index (κ1) is 24.9. The highest BCUT2D eigenvalue weighted by molar-refractivity contribution is 5.93. The maximum atomic E-state index is 13.1. The number of carboxylic acid groups (broad SMARTS) is 1. The Morgan fingerprint density at radius 3 is 2.26 bits per heavy atom. The molecule has 2 amide bonds. The van der Waals surface area contributed by atoms with Gasteiger partial charge in [-0.3, -0.25) is 14.6 Å². The van der Waals surface area contributed by atoms with Crippen LogP contribution in [0.5, 0.6) is 0 Å². The van der Waals surface area contributed by atoms with Crippen molar-refractivity contribution in [3.8, 4) is 6.07 Å². The number of carbonyl (C=O) groups excluding carboxylic acids is 2. The number of halogens is 3. The van der Waals surface area contributed by atoms with E-state index in [0.29, 0.717) is 11.6 Å². The molecule has 5 rings (SSSR count). The van der Waals surface area contributed by atoms with Gasteiger partial charge in [-0.05, 0) is 62.5 Å². The van der Waals surface area contributed by atoms with Crippen molar-refractivity contribution in [3.05, 3.63) is 30.1 Å². The topological polar surface area (TPSA) is 141 Å². The number of amides is 2. The standard InChI is InChI=1S/C21H25N5O2.C2HF3O2/c22-11-16-7-12-10-18(12)26(16)21(28)19(23)13-8-14-4-5-15(9-13)25(14)20(27)17-3-1-2-6-24-17;3-2(4,5)1(6)7/h1-3,6,12-16,18-19H,4-5,7-10,23H2;(H,6,7)/t12-,13?,14?,15?,16+,18+,19+;/m1./s1. The number of nitrogens with two attached hydrogens (primary N) is 1. The van der Waals surface area contributed by atoms with E-state index in [2.05, 4.69) is 11.1 Å². The average Bonchev–Trinajstić information content (AvgIpc) is 3.42. The second kappa shape index (κ2) is 9.45. The van der Waals surface area contributed by atoms with Crippen molar-refractivity contribution in [1.29, 1.82) is 5.26 Å². The van der Waals surface area contributed by atoms with Crippen LogP contribution in [0.3, 0.4) is 0 Å². The van der Waals surface area contributed by atoms with Gasteiger partial charge in [-0.25, -0.2) is 4.79 Å². The van der Waals surface area contributed by atoms with Gasteiger partial charge < -0.3 is 20.6 Å². The van der Waals surface area contributed by atoms with E-state index in [4.69, 9.17) is 15.6 Å². The summed E-state index contributed by atoms with van der Waals surface area (Å²) in [6.45, 7) is 0. The summed E-state index contributed by atoms with van der Waals surface area (Å²) >= 11 is 0. The quantitative estimate of drug-likeness (QED) is 0.656. The normalized spacial score (nSPS) is 31.5. The number of carboxylic acids is 1. The molecule has 0 radical (unpaired) electrons. The van der Waals surface area contributed by atoms with Crippen LogP contribution in [-0.2, 0) is 9.59 Å². The Labute approximate surface area is 199 Å². The zero-order valence-electron chi connectivity index (χ0n) is 18.8. The summed E-state index contributed by atoms with van der Waals surface area (Å²) in [7, 11) is 0. The minimum Gasteiger partial charge on any atom is -0.475 e. The number of aliphatic carboxylic acids is 1. The lowest BCUT2D eigenvalue weighted by Gasteiger charge is -2.41. The molecule has 3 aliphatic heterocycles. The Balaban J connectivity index is 0.000000364. The van der Waals surface area contributed by atoms with Crippen LogP contribution in [0.25, 0.3) is 0 Å². The number of fused-ring (bicyclic) bond motifs is 3. The summed E-state index contributed by atoms with van der Waals surface area (Å²) < 4.78 is 31.7. The van der Waals surface area contributed by atoms with Crippen LogP contribution in [0.1, 0.15) is 49.0 Å². The van der Waals surface area contributed by atoms with E-state index in [0.717, 1.165) is 38.5 Å². The van der Waals surface area contributed by atoms with E-state index in [-0.39, 0.29) is 41.9 Å². The maximum absolute atomic E-state index is 13.1. The fraction of sp³-hybridized carbons (Fsp3) is 0.609. The monoisotopic (exact) mass is 493 g/mol. The van der Waals surface area contributed by atoms with Gasteiger partial charge >= 0.3 is 12.1 Å². The largest absolute Gasteiger partial charge is 0.490 e. The summed E-state index contributed by atoms with van der Waals surface area (Å²) in [4.78, 5) is 42.9. The zero-order valence-corrected chi connectivity index (χ0v) is 18.8. The summed E-state index contributed by atoms with van der Waals surface area (Å²) in [5.74, 6) is -2.28. The molecule has 12 heteroatoms. The van der Waals surface area contributed by atoms with Gasteiger partial charge in [-0.2, -0.15) is 18.4 Å². The molecule has 0 spiro atoms. The molecular weight excluding hydrogens is 467 g/mol. The second-order valence-electron chi connectivity index (χ2n) is 9.56. The van der Waals surface area contributed by atoms with E-state index < -0.39 is 18.2 Å². The Bertz CT molecular complexity index is 1020. The molecule has 1 saturated carbocycles. The van der Waals surface area contributed by atoms with E-state index >= 15 is 0 Å². The predicted molar refractivity (Wildman–Crippen MR) is 114 cm³/mol. The van der Waals surface area contributed by atoms with Crippen LogP contribution in [0.15, 0.2) is 24.4 Å². The van der Waals surface area contributed by atoms with E-state index in [1.807, 2.05) is 11.0 Å². The summed E-state index contributed by atoms with van der Waals surface area (Å²) in [6, 6.07) is 7.24. The molecule has 2 unspecified atom stereocenters. The van der Waals surface area contributed by atoms with Crippen molar-refractivity contribution in [2.75, 3.05) is 0 Å². The summed E-state index contributed by atoms with van der Waals surface area (Å²) in [5.41, 5.74) is 6.92. The van der Waals surface area contributed by atoms with Crippen molar-refractivity contribution >= 4 is 17.8 Å². The fourth-order valence-corrected chi connectivity index (χ4v) is 5.73. The Kier molecular flexibility index (Phi) is 6.73. The van der Waals surface area contributed by atoms with Crippen LogP contribution in [0, 0.1) is 23.2 Å². The molecule has 35 heavy (non-hydrogen) atoms. The van der Waals surface area contributed by atoms with E-state index in [9.17, 15) is 28.0 Å². The predicted octanol–water partition coefficient (Wildman–Crippen LogP) is 1.94. The number of pyridine rings is 1. The van der Waals surface area contributed by atoms with Crippen molar-refractivity contribution in [1.82, 2.24) is 14.8 Å². The lowest BCUT2D eigenvalue weighted by molar-refractivity contribution is -0.192.